The standard InChI is InChI=1S/C17H23N3O3/c1-12(21)13-3-2-4-15(11-13)19-16(22)5-6-17(23)20-9-7-14(18)8-10-20/h2-4,11,14H,5-10,18H2,1H3,(H,19,22). The summed E-state index contributed by atoms with van der Waals surface area (Å²) >= 11 is 0. The zero-order chi connectivity index (χ0) is 16.8. The Morgan fingerprint density at radius 2 is 1.91 bits per heavy atom. The van der Waals surface area contributed by atoms with E-state index in [2.05, 4.69) is 5.32 Å². The molecule has 6 nitrogen and oxygen atoms in total. The summed E-state index contributed by atoms with van der Waals surface area (Å²) < 4.78 is 0. The van der Waals surface area contributed by atoms with E-state index in [1.54, 1.807) is 29.2 Å². The average molecular weight is 317 g/mol. The minimum atomic E-state index is -0.229. The van der Waals surface area contributed by atoms with Crippen LogP contribution in [0.1, 0.15) is 43.0 Å². The number of anilines is 1. The molecule has 2 rings (SSSR count). The predicted octanol–water partition coefficient (Wildman–Crippen LogP) is 1.56. The van der Waals surface area contributed by atoms with E-state index in [9.17, 15) is 14.4 Å². The van der Waals surface area contributed by atoms with E-state index >= 15 is 0 Å². The minimum Gasteiger partial charge on any atom is -0.343 e. The number of carbonyl (C=O) groups is 3. The van der Waals surface area contributed by atoms with Crippen molar-refractivity contribution in [2.45, 2.75) is 38.6 Å². The van der Waals surface area contributed by atoms with Crippen LogP contribution >= 0.6 is 0 Å². The van der Waals surface area contributed by atoms with Gasteiger partial charge in [-0.05, 0) is 31.9 Å². The van der Waals surface area contributed by atoms with Gasteiger partial charge in [0.05, 0.1) is 0 Å². The number of rotatable bonds is 5. The first-order valence-corrected chi connectivity index (χ1v) is 7.90. The van der Waals surface area contributed by atoms with Crippen molar-refractivity contribution in [3.63, 3.8) is 0 Å². The molecule has 0 radical (unpaired) electrons. The molecule has 1 aromatic carbocycles. The SMILES string of the molecule is CC(=O)c1cccc(NC(=O)CCC(=O)N2CCC(N)CC2)c1. The number of ketones is 1. The molecule has 23 heavy (non-hydrogen) atoms. The molecule has 1 aliphatic heterocycles. The van der Waals surface area contributed by atoms with Crippen LogP contribution in [0.25, 0.3) is 0 Å². The van der Waals surface area contributed by atoms with Crippen molar-refractivity contribution in [2.24, 2.45) is 5.73 Å². The molecule has 124 valence electrons. The number of nitrogens with two attached hydrogens (primary N) is 1. The molecule has 1 aromatic rings. The zero-order valence-electron chi connectivity index (χ0n) is 13.4. The van der Waals surface area contributed by atoms with Gasteiger partial charge in [0, 0.05) is 43.2 Å². The van der Waals surface area contributed by atoms with E-state index < -0.39 is 0 Å². The van der Waals surface area contributed by atoms with Gasteiger partial charge in [-0.2, -0.15) is 0 Å². The van der Waals surface area contributed by atoms with Crippen molar-refractivity contribution in [3.05, 3.63) is 29.8 Å². The molecule has 6 heteroatoms. The van der Waals surface area contributed by atoms with Crippen LogP contribution < -0.4 is 11.1 Å². The van der Waals surface area contributed by atoms with E-state index in [0.717, 1.165) is 12.8 Å². The first-order valence-electron chi connectivity index (χ1n) is 7.90. The van der Waals surface area contributed by atoms with Crippen molar-refractivity contribution in [2.75, 3.05) is 18.4 Å². The van der Waals surface area contributed by atoms with Crippen molar-refractivity contribution < 1.29 is 14.4 Å². The molecule has 1 saturated heterocycles. The Balaban J connectivity index is 1.80. The van der Waals surface area contributed by atoms with Gasteiger partial charge in [-0.1, -0.05) is 12.1 Å². The normalized spacial score (nSPS) is 15.3. The number of amides is 2. The van der Waals surface area contributed by atoms with Gasteiger partial charge >= 0.3 is 0 Å². The van der Waals surface area contributed by atoms with Gasteiger partial charge in [-0.3, -0.25) is 14.4 Å². The first kappa shape index (κ1) is 17.1. The Labute approximate surface area is 136 Å². The molecule has 0 saturated carbocycles. The van der Waals surface area contributed by atoms with Crippen LogP contribution in [0.5, 0.6) is 0 Å². The predicted molar refractivity (Wildman–Crippen MR) is 88.1 cm³/mol. The van der Waals surface area contributed by atoms with Gasteiger partial charge in [0.2, 0.25) is 11.8 Å². The lowest BCUT2D eigenvalue weighted by Gasteiger charge is -2.30. The number of carbonyl (C=O) groups excluding carboxylic acids is 3. The first-order chi connectivity index (χ1) is 11.0. The molecule has 2 amide bonds. The highest BCUT2D eigenvalue weighted by atomic mass is 16.2. The number of benzene rings is 1. The van der Waals surface area contributed by atoms with Crippen LogP contribution in [0.2, 0.25) is 0 Å². The molecular formula is C17H23N3O3. The highest BCUT2D eigenvalue weighted by Crippen LogP contribution is 2.13. The lowest BCUT2D eigenvalue weighted by molar-refractivity contribution is -0.133. The molecule has 3 N–H and O–H groups in total. The van der Waals surface area contributed by atoms with Crippen molar-refractivity contribution in [3.8, 4) is 0 Å². The van der Waals surface area contributed by atoms with E-state index in [1.807, 2.05) is 0 Å². The molecule has 0 atom stereocenters. The Hall–Kier alpha value is -2.21. The third-order valence-corrected chi connectivity index (χ3v) is 4.01. The zero-order valence-corrected chi connectivity index (χ0v) is 13.4. The monoisotopic (exact) mass is 317 g/mol. The average Bonchev–Trinajstić information content (AvgIpc) is 2.53. The van der Waals surface area contributed by atoms with Gasteiger partial charge in [0.15, 0.2) is 5.78 Å². The summed E-state index contributed by atoms with van der Waals surface area (Å²) in [6.07, 6.45) is 1.95. The number of nitrogens with zero attached hydrogens (tertiary/aromatic N) is 1. The minimum absolute atomic E-state index is 0.00969. The molecule has 0 spiro atoms. The molecular weight excluding hydrogens is 294 g/mol. The highest BCUT2D eigenvalue weighted by Gasteiger charge is 2.20. The van der Waals surface area contributed by atoms with Gasteiger partial charge in [0.1, 0.15) is 0 Å². The molecule has 1 fully saturated rings. The van der Waals surface area contributed by atoms with Crippen LogP contribution in [-0.2, 0) is 9.59 Å². The maximum atomic E-state index is 12.1. The highest BCUT2D eigenvalue weighted by molar-refractivity contribution is 5.97. The smallest absolute Gasteiger partial charge is 0.224 e. The topological polar surface area (TPSA) is 92.5 Å². The lowest BCUT2D eigenvalue weighted by atomic mass is 10.1. The van der Waals surface area contributed by atoms with Crippen LogP contribution in [0.4, 0.5) is 5.69 Å². The summed E-state index contributed by atoms with van der Waals surface area (Å²) in [7, 11) is 0. The molecule has 0 aromatic heterocycles. The second kappa shape index (κ2) is 7.87. The van der Waals surface area contributed by atoms with Gasteiger partial charge in [-0.25, -0.2) is 0 Å². The van der Waals surface area contributed by atoms with Crippen LogP contribution in [0.3, 0.4) is 0 Å². The maximum absolute atomic E-state index is 12.1. The fourth-order valence-electron chi connectivity index (χ4n) is 2.57. The van der Waals surface area contributed by atoms with Crippen molar-refractivity contribution in [1.82, 2.24) is 4.90 Å². The fraction of sp³-hybridized carbons (Fsp3) is 0.471. The van der Waals surface area contributed by atoms with E-state index in [1.165, 1.54) is 6.92 Å². The van der Waals surface area contributed by atoms with E-state index in [4.69, 9.17) is 5.73 Å². The van der Waals surface area contributed by atoms with Gasteiger partial charge < -0.3 is 16.0 Å². The number of piperidine rings is 1. The Morgan fingerprint density at radius 3 is 2.57 bits per heavy atom. The second-order valence-corrected chi connectivity index (χ2v) is 5.90. The summed E-state index contributed by atoms with van der Waals surface area (Å²) in [4.78, 5) is 37.1. The van der Waals surface area contributed by atoms with Crippen molar-refractivity contribution >= 4 is 23.3 Å². The summed E-state index contributed by atoms with van der Waals surface area (Å²) in [5.74, 6) is -0.295. The van der Waals surface area contributed by atoms with E-state index in [-0.39, 0.29) is 36.5 Å². The van der Waals surface area contributed by atoms with Crippen LogP contribution in [0, 0.1) is 0 Å². The van der Waals surface area contributed by atoms with E-state index in [0.29, 0.717) is 24.3 Å². The fourth-order valence-corrected chi connectivity index (χ4v) is 2.57. The lowest BCUT2D eigenvalue weighted by Crippen LogP contribution is -2.43. The van der Waals surface area contributed by atoms with Crippen LogP contribution in [-0.4, -0.2) is 41.6 Å². The molecule has 0 aliphatic carbocycles. The Morgan fingerprint density at radius 1 is 1.22 bits per heavy atom. The quantitative estimate of drug-likeness (QED) is 0.806. The number of likely N-dealkylation sites (tertiary alicyclic amines) is 1. The number of hydrogen-bond acceptors (Lipinski definition) is 4. The van der Waals surface area contributed by atoms with Gasteiger partial charge in [0.25, 0.3) is 0 Å². The number of hydrogen-bond donors (Lipinski definition) is 2. The Bertz CT molecular complexity index is 593. The largest absolute Gasteiger partial charge is 0.343 e. The molecule has 1 heterocycles. The maximum Gasteiger partial charge on any atom is 0.224 e. The summed E-state index contributed by atoms with van der Waals surface area (Å²) in [5.41, 5.74) is 6.93. The number of Topliss-reactive ketones (excluding diaryl/α,β-unsaturated/α-hetero) is 1. The Kier molecular flexibility index (Phi) is 5.87. The molecule has 0 unspecified atom stereocenters. The third-order valence-electron chi connectivity index (χ3n) is 4.01. The van der Waals surface area contributed by atoms with Crippen LogP contribution in [0.15, 0.2) is 24.3 Å². The number of nitrogens with one attached hydrogen (secondary N) is 1. The van der Waals surface area contributed by atoms with Crippen molar-refractivity contribution in [1.29, 1.82) is 0 Å². The summed E-state index contributed by atoms with van der Waals surface area (Å²) in [6.45, 7) is 2.81. The van der Waals surface area contributed by atoms with Gasteiger partial charge in [-0.15, -0.1) is 0 Å². The third kappa shape index (κ3) is 5.17. The molecule has 0 bridgehead atoms. The molecule has 1 aliphatic rings. The summed E-state index contributed by atoms with van der Waals surface area (Å²) in [5, 5.41) is 2.72. The second-order valence-electron chi connectivity index (χ2n) is 5.90. The summed E-state index contributed by atoms with van der Waals surface area (Å²) in [6, 6.07) is 6.94.